The zero-order chi connectivity index (χ0) is 12.4. The summed E-state index contributed by atoms with van der Waals surface area (Å²) in [4.78, 5) is 23.4. The summed E-state index contributed by atoms with van der Waals surface area (Å²) in [6.07, 6.45) is -0.742. The van der Waals surface area contributed by atoms with Crippen LogP contribution < -0.4 is 4.90 Å². The Morgan fingerprint density at radius 2 is 2.06 bits per heavy atom. The number of carboxylic acids is 1. The van der Waals surface area contributed by atoms with Gasteiger partial charge in [0.1, 0.15) is 12.4 Å². The maximum atomic E-state index is 11.5. The van der Waals surface area contributed by atoms with Crippen LogP contribution in [0.25, 0.3) is 0 Å². The third-order valence-electron chi connectivity index (χ3n) is 2.50. The van der Waals surface area contributed by atoms with Gasteiger partial charge in [0, 0.05) is 5.69 Å². The first-order chi connectivity index (χ1) is 8.08. The van der Waals surface area contributed by atoms with Crippen LogP contribution in [0.3, 0.4) is 0 Å². The zero-order valence-corrected chi connectivity index (χ0v) is 8.87. The number of aliphatic carboxylic acids is 1. The topological polar surface area (TPSA) is 87.1 Å². The molecule has 2 N–H and O–H groups in total. The first-order valence-corrected chi connectivity index (χ1v) is 5.05. The summed E-state index contributed by atoms with van der Waals surface area (Å²) in [6.45, 7) is 0.0615. The van der Waals surface area contributed by atoms with Gasteiger partial charge in [-0.25, -0.2) is 4.79 Å². The summed E-state index contributed by atoms with van der Waals surface area (Å²) in [6, 6.07) is 5.43. The lowest BCUT2D eigenvalue weighted by Gasteiger charge is -2.19. The lowest BCUT2D eigenvalue weighted by molar-refractivity contribution is -0.137. The van der Waals surface area contributed by atoms with Crippen molar-refractivity contribution < 1.29 is 24.5 Å². The number of carbonyl (C=O) groups is 2. The first-order valence-electron chi connectivity index (χ1n) is 5.05. The Hall–Kier alpha value is -2.24. The van der Waals surface area contributed by atoms with Crippen molar-refractivity contribution in [1.82, 2.24) is 0 Å². The molecular formula is C11H11NO5. The molecule has 1 fully saturated rings. The quantitative estimate of drug-likeness (QED) is 0.824. The highest BCUT2D eigenvalue weighted by molar-refractivity contribution is 5.91. The van der Waals surface area contributed by atoms with Gasteiger partial charge in [0.15, 0.2) is 0 Å². The van der Waals surface area contributed by atoms with Crippen LogP contribution in [0.2, 0.25) is 0 Å². The largest absolute Gasteiger partial charge is 0.508 e. The Balaban J connectivity index is 2.24. The van der Waals surface area contributed by atoms with E-state index in [2.05, 4.69) is 0 Å². The minimum absolute atomic E-state index is 0.0615. The molecule has 90 valence electrons. The van der Waals surface area contributed by atoms with Gasteiger partial charge in [0.2, 0.25) is 0 Å². The smallest absolute Gasteiger partial charge is 0.414 e. The monoisotopic (exact) mass is 237 g/mol. The van der Waals surface area contributed by atoms with Gasteiger partial charge in [-0.1, -0.05) is 0 Å². The second-order valence-corrected chi connectivity index (χ2v) is 3.71. The molecule has 0 saturated carbocycles. The normalized spacial score (nSPS) is 19.2. The van der Waals surface area contributed by atoms with Crippen molar-refractivity contribution in [2.75, 3.05) is 11.5 Å². The maximum Gasteiger partial charge on any atom is 0.414 e. The Bertz CT molecular complexity index is 442. The average molecular weight is 237 g/mol. The van der Waals surface area contributed by atoms with Crippen LogP contribution in [0.1, 0.15) is 6.42 Å². The molecule has 0 spiro atoms. The van der Waals surface area contributed by atoms with Gasteiger partial charge >= 0.3 is 12.1 Å². The molecular weight excluding hydrogens is 226 g/mol. The number of hydrogen-bond donors (Lipinski definition) is 2. The number of aromatic hydroxyl groups is 1. The van der Waals surface area contributed by atoms with E-state index >= 15 is 0 Å². The molecule has 1 atom stereocenters. The fourth-order valence-electron chi connectivity index (χ4n) is 1.74. The Labute approximate surface area is 97.0 Å². The first kappa shape index (κ1) is 11.3. The van der Waals surface area contributed by atoms with Crippen molar-refractivity contribution in [2.24, 2.45) is 0 Å². The fourth-order valence-corrected chi connectivity index (χ4v) is 1.74. The van der Waals surface area contributed by atoms with Gasteiger partial charge in [-0.2, -0.15) is 0 Å². The van der Waals surface area contributed by atoms with Crippen molar-refractivity contribution in [1.29, 1.82) is 0 Å². The molecule has 6 heteroatoms. The van der Waals surface area contributed by atoms with Crippen molar-refractivity contribution in [3.05, 3.63) is 24.3 Å². The van der Waals surface area contributed by atoms with Crippen LogP contribution in [0.4, 0.5) is 10.5 Å². The number of benzene rings is 1. The number of cyclic esters (lactones) is 1. The molecule has 1 aliphatic rings. The van der Waals surface area contributed by atoms with Crippen molar-refractivity contribution in [3.8, 4) is 5.75 Å². The highest BCUT2D eigenvalue weighted by Gasteiger charge is 2.35. The second-order valence-electron chi connectivity index (χ2n) is 3.71. The predicted molar refractivity (Wildman–Crippen MR) is 58.0 cm³/mol. The van der Waals surface area contributed by atoms with E-state index in [1.165, 1.54) is 29.2 Å². The molecule has 1 heterocycles. The Morgan fingerprint density at radius 3 is 2.65 bits per heavy atom. The Morgan fingerprint density at radius 1 is 1.41 bits per heavy atom. The van der Waals surface area contributed by atoms with E-state index in [-0.39, 0.29) is 18.8 Å². The van der Waals surface area contributed by atoms with Gasteiger partial charge in [-0.3, -0.25) is 9.69 Å². The number of phenols is 1. The van der Waals surface area contributed by atoms with Crippen molar-refractivity contribution in [2.45, 2.75) is 12.5 Å². The van der Waals surface area contributed by atoms with Crippen LogP contribution in [0.15, 0.2) is 24.3 Å². The molecule has 1 saturated heterocycles. The zero-order valence-electron chi connectivity index (χ0n) is 8.87. The molecule has 1 aromatic rings. The second kappa shape index (κ2) is 4.32. The average Bonchev–Trinajstić information content (AvgIpc) is 2.61. The van der Waals surface area contributed by atoms with E-state index in [1.807, 2.05) is 0 Å². The number of carboxylic acid groups (broad SMARTS) is 1. The number of rotatable bonds is 3. The van der Waals surface area contributed by atoms with Gasteiger partial charge in [-0.05, 0) is 24.3 Å². The van der Waals surface area contributed by atoms with Gasteiger partial charge < -0.3 is 14.9 Å². The highest BCUT2D eigenvalue weighted by atomic mass is 16.6. The van der Waals surface area contributed by atoms with Crippen molar-refractivity contribution >= 4 is 17.7 Å². The Kier molecular flexibility index (Phi) is 2.86. The summed E-state index contributed by atoms with van der Waals surface area (Å²) in [5.74, 6) is -0.909. The van der Waals surface area contributed by atoms with Crippen LogP contribution in [-0.2, 0) is 9.53 Å². The molecule has 1 aromatic carbocycles. The van der Waals surface area contributed by atoms with Crippen LogP contribution in [-0.4, -0.2) is 34.9 Å². The van der Waals surface area contributed by atoms with Gasteiger partial charge in [0.05, 0.1) is 12.5 Å². The molecule has 1 unspecified atom stereocenters. The van der Waals surface area contributed by atoms with E-state index in [9.17, 15) is 9.59 Å². The standard InChI is InChI=1S/C11H11NO5/c13-9-3-1-7(2-4-9)12-8(5-10(14)15)6-17-11(12)16/h1-4,8,13H,5-6H2,(H,14,15). The molecule has 17 heavy (non-hydrogen) atoms. The number of amides is 1. The minimum Gasteiger partial charge on any atom is -0.508 e. The van der Waals surface area contributed by atoms with E-state index < -0.39 is 18.1 Å². The molecule has 0 bridgehead atoms. The number of carbonyl (C=O) groups excluding carboxylic acids is 1. The minimum atomic E-state index is -0.989. The molecule has 1 aliphatic heterocycles. The van der Waals surface area contributed by atoms with Gasteiger partial charge in [0.25, 0.3) is 0 Å². The van der Waals surface area contributed by atoms with E-state index in [1.54, 1.807) is 0 Å². The lowest BCUT2D eigenvalue weighted by atomic mass is 10.2. The van der Waals surface area contributed by atoms with Gasteiger partial charge in [-0.15, -0.1) is 0 Å². The van der Waals surface area contributed by atoms with Crippen molar-refractivity contribution in [3.63, 3.8) is 0 Å². The summed E-state index contributed by atoms with van der Waals surface area (Å²) in [7, 11) is 0. The summed E-state index contributed by atoms with van der Waals surface area (Å²) >= 11 is 0. The molecule has 0 aromatic heterocycles. The molecule has 6 nitrogen and oxygen atoms in total. The molecule has 0 radical (unpaired) electrons. The number of nitrogens with zero attached hydrogens (tertiary/aromatic N) is 1. The number of ether oxygens (including phenoxy) is 1. The van der Waals surface area contributed by atoms with E-state index in [0.717, 1.165) is 0 Å². The fraction of sp³-hybridized carbons (Fsp3) is 0.273. The van der Waals surface area contributed by atoms with Crippen LogP contribution >= 0.6 is 0 Å². The third kappa shape index (κ3) is 2.30. The number of phenolic OH excluding ortho intramolecular Hbond substituents is 1. The molecule has 1 amide bonds. The highest BCUT2D eigenvalue weighted by Crippen LogP contribution is 2.26. The number of anilines is 1. The number of hydrogen-bond acceptors (Lipinski definition) is 4. The third-order valence-corrected chi connectivity index (χ3v) is 2.50. The SMILES string of the molecule is O=C(O)CC1COC(=O)N1c1ccc(O)cc1. The summed E-state index contributed by atoms with van der Waals surface area (Å²) in [5, 5.41) is 17.9. The van der Waals surface area contributed by atoms with Crippen LogP contribution in [0, 0.1) is 0 Å². The van der Waals surface area contributed by atoms with Crippen LogP contribution in [0.5, 0.6) is 5.75 Å². The summed E-state index contributed by atoms with van der Waals surface area (Å²) in [5.41, 5.74) is 0.511. The van der Waals surface area contributed by atoms with E-state index in [0.29, 0.717) is 5.69 Å². The maximum absolute atomic E-state index is 11.5. The lowest BCUT2D eigenvalue weighted by Crippen LogP contribution is -2.35. The van der Waals surface area contributed by atoms with E-state index in [4.69, 9.17) is 14.9 Å². The molecule has 0 aliphatic carbocycles. The summed E-state index contributed by atoms with van der Waals surface area (Å²) < 4.78 is 4.82. The molecule has 2 rings (SSSR count). The predicted octanol–water partition coefficient (Wildman–Crippen LogP) is 1.19.